The molecule has 0 saturated carbocycles. The van der Waals surface area contributed by atoms with Crippen molar-refractivity contribution in [1.29, 1.82) is 0 Å². The fraction of sp³-hybridized carbons (Fsp3) is 0.0769. The lowest BCUT2D eigenvalue weighted by Crippen LogP contribution is -2.22. The Morgan fingerprint density at radius 1 is 0.857 bits per heavy atom. The van der Waals surface area contributed by atoms with Gasteiger partial charge in [-0.25, -0.2) is 17.9 Å². The van der Waals surface area contributed by atoms with Gasteiger partial charge in [0.05, 0.1) is 10.8 Å². The van der Waals surface area contributed by atoms with E-state index in [4.69, 9.17) is 0 Å². The van der Waals surface area contributed by atoms with E-state index in [-0.39, 0.29) is 17.8 Å². The molecule has 4 aromatic rings. The molecule has 0 aliphatic heterocycles. The molecule has 21 heavy (non-hydrogen) atoms. The SMILES string of the molecule is O=c1c2cccnc2sn1Cn1sc2ncccc2c1=O. The number of rotatable bonds is 2. The quantitative estimate of drug-likeness (QED) is 0.565. The molecule has 0 N–H and O–H groups in total. The van der Waals surface area contributed by atoms with Crippen molar-refractivity contribution in [3.63, 3.8) is 0 Å². The van der Waals surface area contributed by atoms with Crippen LogP contribution < -0.4 is 11.1 Å². The third-order valence-corrected chi connectivity index (χ3v) is 5.11. The summed E-state index contributed by atoms with van der Waals surface area (Å²) in [7, 11) is 0. The molecule has 0 aliphatic rings. The van der Waals surface area contributed by atoms with E-state index in [0.717, 1.165) is 0 Å². The van der Waals surface area contributed by atoms with Crippen molar-refractivity contribution in [3.8, 4) is 0 Å². The molecule has 104 valence electrons. The zero-order valence-electron chi connectivity index (χ0n) is 10.6. The zero-order chi connectivity index (χ0) is 14.4. The Kier molecular flexibility index (Phi) is 2.72. The Balaban J connectivity index is 1.87. The summed E-state index contributed by atoms with van der Waals surface area (Å²) in [5.41, 5.74) is -0.249. The van der Waals surface area contributed by atoms with E-state index in [1.165, 1.54) is 31.0 Å². The highest BCUT2D eigenvalue weighted by Gasteiger charge is 2.12. The Labute approximate surface area is 125 Å². The lowest BCUT2D eigenvalue weighted by molar-refractivity contribution is 0.670. The second kappa shape index (κ2) is 4.61. The molecule has 0 fully saturated rings. The van der Waals surface area contributed by atoms with Gasteiger partial charge >= 0.3 is 0 Å². The molecule has 4 heterocycles. The van der Waals surface area contributed by atoms with E-state index in [9.17, 15) is 9.59 Å². The topological polar surface area (TPSA) is 69.8 Å². The summed E-state index contributed by atoms with van der Waals surface area (Å²) in [6, 6.07) is 6.95. The van der Waals surface area contributed by atoms with E-state index >= 15 is 0 Å². The van der Waals surface area contributed by atoms with Crippen molar-refractivity contribution in [2.75, 3.05) is 0 Å². The van der Waals surface area contributed by atoms with Crippen LogP contribution in [-0.2, 0) is 6.67 Å². The van der Waals surface area contributed by atoms with Crippen LogP contribution in [0, 0.1) is 0 Å². The second-order valence-electron chi connectivity index (χ2n) is 4.40. The average Bonchev–Trinajstić information content (AvgIpc) is 2.99. The zero-order valence-corrected chi connectivity index (χ0v) is 12.2. The number of nitrogens with zero attached hydrogens (tertiary/aromatic N) is 4. The molecule has 4 aromatic heterocycles. The van der Waals surface area contributed by atoms with Crippen molar-refractivity contribution < 1.29 is 0 Å². The standard InChI is InChI=1S/C13H8N4O2S2/c18-12-8-3-1-5-14-10(8)20-16(12)7-17-13(19)9-4-2-6-15-11(9)21-17/h1-6H,7H2. The molecule has 0 amide bonds. The van der Waals surface area contributed by atoms with Gasteiger partial charge in [0.15, 0.2) is 0 Å². The molecule has 0 radical (unpaired) electrons. The molecule has 0 aromatic carbocycles. The Morgan fingerprint density at radius 3 is 1.76 bits per heavy atom. The van der Waals surface area contributed by atoms with E-state index < -0.39 is 0 Å². The van der Waals surface area contributed by atoms with Crippen LogP contribution in [0.2, 0.25) is 0 Å². The highest BCUT2D eigenvalue weighted by Crippen LogP contribution is 2.16. The third kappa shape index (κ3) is 1.91. The van der Waals surface area contributed by atoms with Crippen LogP contribution in [0.5, 0.6) is 0 Å². The predicted molar refractivity (Wildman–Crippen MR) is 83.2 cm³/mol. The van der Waals surface area contributed by atoms with Crippen molar-refractivity contribution >= 4 is 43.5 Å². The Morgan fingerprint density at radius 2 is 1.33 bits per heavy atom. The van der Waals surface area contributed by atoms with Gasteiger partial charge in [0.2, 0.25) is 0 Å². The maximum absolute atomic E-state index is 12.3. The molecule has 4 rings (SSSR count). The fourth-order valence-corrected chi connectivity index (χ4v) is 4.04. The maximum Gasteiger partial charge on any atom is 0.271 e. The summed E-state index contributed by atoms with van der Waals surface area (Å²) < 4.78 is 3.07. The highest BCUT2D eigenvalue weighted by molar-refractivity contribution is 7.14. The molecule has 0 unspecified atom stereocenters. The van der Waals surface area contributed by atoms with Crippen LogP contribution in [0.15, 0.2) is 46.2 Å². The van der Waals surface area contributed by atoms with Gasteiger partial charge in [-0.15, -0.1) is 0 Å². The van der Waals surface area contributed by atoms with E-state index in [2.05, 4.69) is 9.97 Å². The smallest absolute Gasteiger partial charge is 0.268 e. The first kappa shape index (κ1) is 12.4. The van der Waals surface area contributed by atoms with Gasteiger partial charge in [-0.3, -0.25) is 9.59 Å². The van der Waals surface area contributed by atoms with Gasteiger partial charge in [0.1, 0.15) is 16.3 Å². The average molecular weight is 316 g/mol. The summed E-state index contributed by atoms with van der Waals surface area (Å²) in [5.74, 6) is 0. The maximum atomic E-state index is 12.3. The van der Waals surface area contributed by atoms with Crippen LogP contribution in [-0.4, -0.2) is 17.9 Å². The van der Waals surface area contributed by atoms with E-state index in [1.807, 2.05) is 0 Å². The minimum atomic E-state index is -0.125. The van der Waals surface area contributed by atoms with Gasteiger partial charge in [-0.05, 0) is 47.3 Å². The van der Waals surface area contributed by atoms with Gasteiger partial charge < -0.3 is 0 Å². The van der Waals surface area contributed by atoms with Gasteiger partial charge in [-0.2, -0.15) is 0 Å². The summed E-state index contributed by atoms with van der Waals surface area (Å²) in [4.78, 5) is 34.2. The number of pyridine rings is 2. The Hall–Kier alpha value is -2.32. The van der Waals surface area contributed by atoms with Gasteiger partial charge in [0.25, 0.3) is 11.1 Å². The number of aromatic nitrogens is 4. The van der Waals surface area contributed by atoms with Crippen molar-refractivity contribution in [2.45, 2.75) is 6.67 Å². The molecular weight excluding hydrogens is 308 g/mol. The fourth-order valence-electron chi connectivity index (χ4n) is 2.12. The lowest BCUT2D eigenvalue weighted by Gasteiger charge is -1.98. The number of fused-ring (bicyclic) bond motifs is 2. The highest BCUT2D eigenvalue weighted by atomic mass is 32.1. The number of hydrogen-bond donors (Lipinski definition) is 0. The monoisotopic (exact) mass is 316 g/mol. The molecule has 0 saturated heterocycles. The summed E-state index contributed by atoms with van der Waals surface area (Å²) in [6.07, 6.45) is 3.30. The van der Waals surface area contributed by atoms with E-state index in [0.29, 0.717) is 20.4 Å². The Bertz CT molecular complexity index is 987. The first-order valence-electron chi connectivity index (χ1n) is 6.14. The second-order valence-corrected chi connectivity index (χ2v) is 6.42. The number of hydrogen-bond acceptors (Lipinski definition) is 6. The summed E-state index contributed by atoms with van der Waals surface area (Å²) in [6.45, 7) is 0.194. The summed E-state index contributed by atoms with van der Waals surface area (Å²) in [5, 5.41) is 1.16. The van der Waals surface area contributed by atoms with Crippen LogP contribution in [0.25, 0.3) is 20.4 Å². The van der Waals surface area contributed by atoms with Crippen LogP contribution in [0.3, 0.4) is 0 Å². The van der Waals surface area contributed by atoms with Crippen LogP contribution >= 0.6 is 23.1 Å². The molecule has 6 nitrogen and oxygen atoms in total. The predicted octanol–water partition coefficient (Wildman–Crippen LogP) is 1.74. The third-order valence-electron chi connectivity index (χ3n) is 3.11. The molecule has 0 bridgehead atoms. The van der Waals surface area contributed by atoms with Crippen molar-refractivity contribution in [2.24, 2.45) is 0 Å². The van der Waals surface area contributed by atoms with Gasteiger partial charge in [0, 0.05) is 12.4 Å². The lowest BCUT2D eigenvalue weighted by atomic mass is 10.4. The van der Waals surface area contributed by atoms with E-state index in [1.54, 1.807) is 36.7 Å². The van der Waals surface area contributed by atoms with Crippen LogP contribution in [0.1, 0.15) is 0 Å². The largest absolute Gasteiger partial charge is 0.271 e. The molecular formula is C13H8N4O2S2. The molecule has 0 atom stereocenters. The molecule has 0 aliphatic carbocycles. The van der Waals surface area contributed by atoms with Gasteiger partial charge in [-0.1, -0.05) is 0 Å². The molecule has 0 spiro atoms. The summed E-state index contributed by atoms with van der Waals surface area (Å²) >= 11 is 2.51. The minimum Gasteiger partial charge on any atom is -0.268 e. The molecule has 8 heteroatoms. The normalized spacial score (nSPS) is 11.4. The minimum absolute atomic E-state index is 0.125. The van der Waals surface area contributed by atoms with Crippen molar-refractivity contribution in [1.82, 2.24) is 17.9 Å². The first-order valence-corrected chi connectivity index (χ1v) is 7.68. The van der Waals surface area contributed by atoms with Crippen molar-refractivity contribution in [3.05, 3.63) is 57.4 Å². The van der Waals surface area contributed by atoms with Crippen LogP contribution in [0.4, 0.5) is 0 Å². The first-order chi connectivity index (χ1) is 10.2.